The molecule has 2 aromatic carbocycles. The summed E-state index contributed by atoms with van der Waals surface area (Å²) in [6, 6.07) is 9.62. The van der Waals surface area contributed by atoms with Crippen LogP contribution in [-0.2, 0) is 24.8 Å². The van der Waals surface area contributed by atoms with E-state index in [-0.39, 0.29) is 12.5 Å². The molecule has 4 rings (SSSR count). The van der Waals surface area contributed by atoms with Crippen molar-refractivity contribution in [3.8, 4) is 0 Å². The second-order valence-electron chi connectivity index (χ2n) is 6.73. The Labute approximate surface area is 145 Å². The van der Waals surface area contributed by atoms with E-state index in [1.54, 1.807) is 6.92 Å². The molecule has 1 fully saturated rings. The summed E-state index contributed by atoms with van der Waals surface area (Å²) >= 11 is 0. The Morgan fingerprint density at radius 3 is 2.84 bits per heavy atom. The summed E-state index contributed by atoms with van der Waals surface area (Å²) in [5, 5.41) is 1.82. The molecule has 1 saturated heterocycles. The zero-order valence-corrected chi connectivity index (χ0v) is 14.5. The average Bonchev–Trinajstić information content (AvgIpc) is 3.06. The topological polar surface area (TPSA) is 61.8 Å². The number of hydrogen-bond acceptors (Lipinski definition) is 5. The van der Waals surface area contributed by atoms with Crippen molar-refractivity contribution in [1.82, 2.24) is 0 Å². The molecule has 2 aliphatic rings. The fourth-order valence-corrected chi connectivity index (χ4v) is 4.04. The standard InChI is InChI=1S/C20H20O5/c1-4-23-19(22)17-12(3)10-24-20(17)15-9-8-13-11(2)6-5-7-14(13)16(15)18(21)25-20/h5-9,12,17H,4,10H2,1-3H3/t12-,17-,20-/m0/s1. The van der Waals surface area contributed by atoms with Crippen molar-refractivity contribution in [2.24, 2.45) is 11.8 Å². The molecule has 0 aliphatic carbocycles. The van der Waals surface area contributed by atoms with Gasteiger partial charge in [0.25, 0.3) is 5.79 Å². The number of benzene rings is 2. The summed E-state index contributed by atoms with van der Waals surface area (Å²) in [5.41, 5.74) is 2.19. The molecule has 3 atom stereocenters. The quantitative estimate of drug-likeness (QED) is 0.785. The van der Waals surface area contributed by atoms with Gasteiger partial charge in [0.15, 0.2) is 0 Å². The van der Waals surface area contributed by atoms with Crippen molar-refractivity contribution >= 4 is 22.7 Å². The maximum Gasteiger partial charge on any atom is 0.342 e. The molecule has 0 saturated carbocycles. The fourth-order valence-electron chi connectivity index (χ4n) is 4.04. The molecule has 130 valence electrons. The minimum absolute atomic E-state index is 0.106. The third-order valence-electron chi connectivity index (χ3n) is 5.18. The van der Waals surface area contributed by atoms with Crippen molar-refractivity contribution in [2.45, 2.75) is 26.6 Å². The van der Waals surface area contributed by atoms with E-state index in [0.29, 0.717) is 17.7 Å². The first-order valence-corrected chi connectivity index (χ1v) is 8.56. The zero-order chi connectivity index (χ0) is 17.8. The van der Waals surface area contributed by atoms with Gasteiger partial charge in [-0.3, -0.25) is 4.79 Å². The van der Waals surface area contributed by atoms with Gasteiger partial charge in [0.05, 0.1) is 18.8 Å². The summed E-state index contributed by atoms with van der Waals surface area (Å²) in [5.74, 6) is -2.99. The Kier molecular flexibility index (Phi) is 3.58. The number of carbonyl (C=O) groups is 2. The van der Waals surface area contributed by atoms with E-state index in [1.807, 2.05) is 44.2 Å². The van der Waals surface area contributed by atoms with Crippen LogP contribution in [0.25, 0.3) is 10.8 Å². The number of carbonyl (C=O) groups excluding carboxylic acids is 2. The van der Waals surface area contributed by atoms with Gasteiger partial charge in [0.1, 0.15) is 5.92 Å². The van der Waals surface area contributed by atoms with Gasteiger partial charge in [0, 0.05) is 5.56 Å². The molecule has 25 heavy (non-hydrogen) atoms. The summed E-state index contributed by atoms with van der Waals surface area (Å²) in [6.07, 6.45) is 0. The molecule has 0 aromatic heterocycles. The highest BCUT2D eigenvalue weighted by Gasteiger charge is 2.62. The molecule has 0 unspecified atom stereocenters. The van der Waals surface area contributed by atoms with Crippen LogP contribution in [0.5, 0.6) is 0 Å². The van der Waals surface area contributed by atoms with Crippen molar-refractivity contribution in [3.63, 3.8) is 0 Å². The van der Waals surface area contributed by atoms with Gasteiger partial charge in [-0.2, -0.15) is 0 Å². The van der Waals surface area contributed by atoms with Gasteiger partial charge >= 0.3 is 11.9 Å². The van der Waals surface area contributed by atoms with Crippen molar-refractivity contribution in [3.05, 3.63) is 47.0 Å². The first kappa shape index (κ1) is 16.1. The van der Waals surface area contributed by atoms with Gasteiger partial charge in [-0.1, -0.05) is 37.3 Å². The smallest absolute Gasteiger partial charge is 0.342 e. The van der Waals surface area contributed by atoms with E-state index >= 15 is 0 Å². The Morgan fingerprint density at radius 1 is 1.28 bits per heavy atom. The number of ether oxygens (including phenoxy) is 3. The Hall–Kier alpha value is -2.40. The molecule has 2 heterocycles. The molecule has 2 aromatic rings. The second kappa shape index (κ2) is 5.56. The Bertz CT molecular complexity index is 887. The van der Waals surface area contributed by atoms with Crippen LogP contribution in [0.4, 0.5) is 0 Å². The molecule has 1 spiro atoms. The summed E-state index contributed by atoms with van der Waals surface area (Å²) in [6.45, 7) is 6.28. The van der Waals surface area contributed by atoms with Gasteiger partial charge in [-0.05, 0) is 36.1 Å². The van der Waals surface area contributed by atoms with Gasteiger partial charge in [0.2, 0.25) is 0 Å². The van der Waals surface area contributed by atoms with E-state index in [4.69, 9.17) is 14.2 Å². The molecule has 2 aliphatic heterocycles. The predicted molar refractivity (Wildman–Crippen MR) is 91.0 cm³/mol. The molecule has 0 bridgehead atoms. The third kappa shape index (κ3) is 2.12. The Balaban J connectivity index is 1.93. The first-order valence-electron chi connectivity index (χ1n) is 8.56. The van der Waals surface area contributed by atoms with Crippen molar-refractivity contribution in [1.29, 1.82) is 0 Å². The largest absolute Gasteiger partial charge is 0.466 e. The first-order chi connectivity index (χ1) is 12.0. The number of aryl methyl sites for hydroxylation is 1. The minimum Gasteiger partial charge on any atom is -0.466 e. The molecule has 0 radical (unpaired) electrons. The number of hydrogen-bond donors (Lipinski definition) is 0. The maximum absolute atomic E-state index is 12.7. The summed E-state index contributed by atoms with van der Waals surface area (Å²) < 4.78 is 16.9. The van der Waals surface area contributed by atoms with E-state index in [2.05, 4.69) is 0 Å². The van der Waals surface area contributed by atoms with Crippen LogP contribution in [-0.4, -0.2) is 25.2 Å². The summed E-state index contributed by atoms with van der Waals surface area (Å²) in [4.78, 5) is 25.3. The highest BCUT2D eigenvalue weighted by Crippen LogP contribution is 2.52. The second-order valence-corrected chi connectivity index (χ2v) is 6.73. The van der Waals surface area contributed by atoms with Crippen molar-refractivity contribution < 1.29 is 23.8 Å². The SMILES string of the molecule is CCOC(=O)[C@@H]1[C@@H](C)CO[C@@]12OC(=O)c1c2ccc2c(C)cccc12. The van der Waals surface area contributed by atoms with Gasteiger partial charge in [-0.15, -0.1) is 0 Å². The van der Waals surface area contributed by atoms with Crippen LogP contribution in [0.2, 0.25) is 0 Å². The van der Waals surface area contributed by atoms with Crippen molar-refractivity contribution in [2.75, 3.05) is 13.2 Å². The lowest BCUT2D eigenvalue weighted by molar-refractivity contribution is -0.207. The number of esters is 2. The normalized spacial score (nSPS) is 27.6. The molecular formula is C20H20O5. The Morgan fingerprint density at radius 2 is 2.08 bits per heavy atom. The average molecular weight is 340 g/mol. The lowest BCUT2D eigenvalue weighted by Crippen LogP contribution is -2.40. The van der Waals surface area contributed by atoms with Crippen LogP contribution < -0.4 is 0 Å². The van der Waals surface area contributed by atoms with E-state index in [0.717, 1.165) is 16.3 Å². The molecular weight excluding hydrogens is 320 g/mol. The monoisotopic (exact) mass is 340 g/mol. The number of fused-ring (bicyclic) bond motifs is 4. The van der Waals surface area contributed by atoms with Gasteiger partial charge in [-0.25, -0.2) is 4.79 Å². The maximum atomic E-state index is 12.7. The van der Waals surface area contributed by atoms with E-state index in [1.165, 1.54) is 0 Å². The molecule has 0 amide bonds. The fraction of sp³-hybridized carbons (Fsp3) is 0.400. The molecule has 5 nitrogen and oxygen atoms in total. The van der Waals surface area contributed by atoms with E-state index < -0.39 is 23.6 Å². The minimum atomic E-state index is -1.38. The molecule has 0 N–H and O–H groups in total. The van der Waals surface area contributed by atoms with Crippen LogP contribution in [0.15, 0.2) is 30.3 Å². The zero-order valence-electron chi connectivity index (χ0n) is 14.5. The van der Waals surface area contributed by atoms with Crippen LogP contribution in [0.3, 0.4) is 0 Å². The highest BCUT2D eigenvalue weighted by atomic mass is 16.7. The van der Waals surface area contributed by atoms with E-state index in [9.17, 15) is 9.59 Å². The number of rotatable bonds is 2. The van der Waals surface area contributed by atoms with Crippen LogP contribution in [0.1, 0.15) is 35.3 Å². The predicted octanol–water partition coefficient (Wildman–Crippen LogP) is 3.32. The van der Waals surface area contributed by atoms with Crippen LogP contribution in [0, 0.1) is 18.8 Å². The van der Waals surface area contributed by atoms with Gasteiger partial charge < -0.3 is 14.2 Å². The third-order valence-corrected chi connectivity index (χ3v) is 5.18. The lowest BCUT2D eigenvalue weighted by atomic mass is 9.83. The molecule has 5 heteroatoms. The lowest BCUT2D eigenvalue weighted by Gasteiger charge is -2.29. The summed E-state index contributed by atoms with van der Waals surface area (Å²) in [7, 11) is 0. The van der Waals surface area contributed by atoms with Crippen LogP contribution >= 0.6 is 0 Å². The highest BCUT2D eigenvalue weighted by molar-refractivity contribution is 6.09.